The molecular weight excluding hydrogens is 359 g/mol. The maximum atomic E-state index is 12.3. The van der Waals surface area contributed by atoms with E-state index in [0.717, 1.165) is 10.1 Å². The molecule has 2 rings (SSSR count). The Hall–Kier alpha value is -1.62. The second-order valence-corrected chi connectivity index (χ2v) is 8.18. The zero-order chi connectivity index (χ0) is 18.8. The smallest absolute Gasteiger partial charge is 0.363 e. The Morgan fingerprint density at radius 1 is 1.16 bits per heavy atom. The minimum absolute atomic E-state index is 0.139. The average Bonchev–Trinajstić information content (AvgIpc) is 2.52. The summed E-state index contributed by atoms with van der Waals surface area (Å²) in [4.78, 5) is 12.4. The average molecular weight is 381 g/mol. The lowest BCUT2D eigenvalue weighted by Crippen LogP contribution is -2.49. The molecule has 1 fully saturated rings. The van der Waals surface area contributed by atoms with E-state index in [1.54, 1.807) is 13.0 Å². The zero-order valence-corrected chi connectivity index (χ0v) is 15.2. The first kappa shape index (κ1) is 19.7. The van der Waals surface area contributed by atoms with E-state index in [9.17, 15) is 21.6 Å². The first-order chi connectivity index (χ1) is 11.5. The lowest BCUT2D eigenvalue weighted by Gasteiger charge is -2.35. The van der Waals surface area contributed by atoms with Crippen molar-refractivity contribution in [2.75, 3.05) is 55.8 Å². The number of aryl methyl sites for hydroxylation is 1. The molecule has 2 heterocycles. The summed E-state index contributed by atoms with van der Waals surface area (Å²) in [5.41, 5.74) is 0. The predicted octanol–water partition coefficient (Wildman–Crippen LogP) is 1.26. The van der Waals surface area contributed by atoms with Gasteiger partial charge in [-0.2, -0.15) is 17.5 Å². The highest BCUT2D eigenvalue weighted by Crippen LogP contribution is 2.23. The summed E-state index contributed by atoms with van der Waals surface area (Å²) >= 11 is 0. The van der Waals surface area contributed by atoms with Crippen LogP contribution >= 0.6 is 0 Å². The van der Waals surface area contributed by atoms with Crippen LogP contribution in [0, 0.1) is 6.92 Å². The van der Waals surface area contributed by atoms with Gasteiger partial charge >= 0.3 is 6.18 Å². The number of rotatable bonds is 5. The lowest BCUT2D eigenvalue weighted by molar-refractivity contribution is -0.130. The Morgan fingerprint density at radius 2 is 1.76 bits per heavy atom. The fraction of sp³-hybridized carbons (Fsp3) is 0.714. The number of hydrogen-bond donors (Lipinski definition) is 0. The molecule has 0 amide bonds. The van der Waals surface area contributed by atoms with Gasteiger partial charge in [0.15, 0.2) is 0 Å². The molecule has 0 radical (unpaired) electrons. The minimum atomic E-state index is -4.48. The molecule has 1 aromatic heterocycles. The van der Waals surface area contributed by atoms with E-state index in [4.69, 9.17) is 0 Å². The number of nitrogens with zero attached hydrogens (tertiary/aromatic N) is 5. The quantitative estimate of drug-likeness (QED) is 0.765. The van der Waals surface area contributed by atoms with Crippen LogP contribution in [0.25, 0.3) is 0 Å². The molecule has 1 aliphatic rings. The van der Waals surface area contributed by atoms with E-state index in [1.807, 2.05) is 23.9 Å². The molecule has 25 heavy (non-hydrogen) atoms. The van der Waals surface area contributed by atoms with Crippen LogP contribution in [0.4, 0.5) is 24.8 Å². The summed E-state index contributed by atoms with van der Waals surface area (Å²) in [6.07, 6.45) is -5.80. The highest BCUT2D eigenvalue weighted by atomic mass is 32.2. The number of halogens is 3. The number of piperazine rings is 1. The molecule has 0 spiro atoms. The van der Waals surface area contributed by atoms with Crippen molar-refractivity contribution in [3.63, 3.8) is 0 Å². The van der Waals surface area contributed by atoms with Crippen LogP contribution in [0.15, 0.2) is 6.07 Å². The molecule has 1 aromatic rings. The van der Waals surface area contributed by atoms with Gasteiger partial charge in [-0.1, -0.05) is 0 Å². The monoisotopic (exact) mass is 381 g/mol. The van der Waals surface area contributed by atoms with Crippen molar-refractivity contribution in [2.45, 2.75) is 19.5 Å². The fourth-order valence-corrected chi connectivity index (χ4v) is 3.96. The number of anilines is 2. The summed E-state index contributed by atoms with van der Waals surface area (Å²) in [7, 11) is -0.191. The van der Waals surface area contributed by atoms with Gasteiger partial charge in [-0.15, -0.1) is 0 Å². The van der Waals surface area contributed by atoms with E-state index in [2.05, 4.69) is 9.97 Å². The van der Waals surface area contributed by atoms with Crippen LogP contribution in [0.3, 0.4) is 0 Å². The molecule has 1 aliphatic heterocycles. The molecule has 0 bridgehead atoms. The molecular formula is C14H22F3N5O2S. The summed E-state index contributed by atoms with van der Waals surface area (Å²) < 4.78 is 62.0. The summed E-state index contributed by atoms with van der Waals surface area (Å²) in [5.74, 6) is 1.11. The van der Waals surface area contributed by atoms with Crippen molar-refractivity contribution in [3.05, 3.63) is 11.9 Å². The van der Waals surface area contributed by atoms with Gasteiger partial charge in [0, 0.05) is 46.3 Å². The highest BCUT2D eigenvalue weighted by Gasteiger charge is 2.33. The molecule has 142 valence electrons. The van der Waals surface area contributed by atoms with Gasteiger partial charge in [0.25, 0.3) is 0 Å². The Bertz CT molecular complexity index is 701. The van der Waals surface area contributed by atoms with Crippen molar-refractivity contribution in [2.24, 2.45) is 0 Å². The van der Waals surface area contributed by atoms with E-state index >= 15 is 0 Å². The van der Waals surface area contributed by atoms with Gasteiger partial charge < -0.3 is 9.80 Å². The molecule has 0 unspecified atom stereocenters. The van der Waals surface area contributed by atoms with E-state index in [1.165, 1.54) is 0 Å². The minimum Gasteiger partial charge on any atom is -0.363 e. The van der Waals surface area contributed by atoms with Gasteiger partial charge in [0.05, 0.1) is 12.2 Å². The summed E-state index contributed by atoms with van der Waals surface area (Å²) in [5, 5.41) is 0. The normalized spacial score (nSPS) is 17.0. The SMILES string of the molecule is Cc1nc(N(C)C)cc(N2CCN(S(=O)(=O)CCC(F)(F)F)CC2)n1. The van der Waals surface area contributed by atoms with Crippen molar-refractivity contribution in [3.8, 4) is 0 Å². The second-order valence-electron chi connectivity index (χ2n) is 6.09. The number of sulfonamides is 1. The van der Waals surface area contributed by atoms with Gasteiger partial charge in [0.1, 0.15) is 17.5 Å². The van der Waals surface area contributed by atoms with Crippen LogP contribution in [0.2, 0.25) is 0 Å². The molecule has 11 heteroatoms. The zero-order valence-electron chi connectivity index (χ0n) is 14.4. The first-order valence-corrected chi connectivity index (χ1v) is 9.41. The molecule has 0 saturated carbocycles. The van der Waals surface area contributed by atoms with Crippen LogP contribution in [0.1, 0.15) is 12.2 Å². The van der Waals surface area contributed by atoms with Gasteiger partial charge in [-0.05, 0) is 6.92 Å². The maximum absolute atomic E-state index is 12.3. The van der Waals surface area contributed by atoms with Crippen LogP contribution < -0.4 is 9.80 Å². The van der Waals surface area contributed by atoms with E-state index < -0.39 is 28.4 Å². The number of aromatic nitrogens is 2. The van der Waals surface area contributed by atoms with Crippen molar-refractivity contribution >= 4 is 21.7 Å². The number of alkyl halides is 3. The molecule has 1 saturated heterocycles. The maximum Gasteiger partial charge on any atom is 0.390 e. The lowest BCUT2D eigenvalue weighted by atomic mass is 10.3. The van der Waals surface area contributed by atoms with Crippen LogP contribution in [0.5, 0.6) is 0 Å². The topological polar surface area (TPSA) is 69.6 Å². The molecule has 0 aliphatic carbocycles. The van der Waals surface area contributed by atoms with Gasteiger partial charge in [-0.3, -0.25) is 0 Å². The summed E-state index contributed by atoms with van der Waals surface area (Å²) in [6.45, 7) is 2.79. The van der Waals surface area contributed by atoms with E-state index in [-0.39, 0.29) is 13.1 Å². The summed E-state index contributed by atoms with van der Waals surface area (Å²) in [6, 6.07) is 1.81. The second kappa shape index (κ2) is 7.32. The largest absolute Gasteiger partial charge is 0.390 e. The predicted molar refractivity (Wildman–Crippen MR) is 89.3 cm³/mol. The van der Waals surface area contributed by atoms with Crippen molar-refractivity contribution in [1.82, 2.24) is 14.3 Å². The Balaban J connectivity index is 2.02. The Labute approximate surface area is 145 Å². The fourth-order valence-electron chi connectivity index (χ4n) is 2.50. The molecule has 7 nitrogen and oxygen atoms in total. The van der Waals surface area contributed by atoms with Gasteiger partial charge in [0.2, 0.25) is 10.0 Å². The number of hydrogen-bond acceptors (Lipinski definition) is 6. The highest BCUT2D eigenvalue weighted by molar-refractivity contribution is 7.89. The van der Waals surface area contributed by atoms with Gasteiger partial charge in [-0.25, -0.2) is 18.4 Å². The van der Waals surface area contributed by atoms with Crippen molar-refractivity contribution in [1.29, 1.82) is 0 Å². The molecule has 0 atom stereocenters. The standard InChI is InChI=1S/C14H22F3N5O2S/c1-11-18-12(20(2)3)10-13(19-11)21-5-7-22(8-6-21)25(23,24)9-4-14(15,16)17/h10H,4-9H2,1-3H3. The molecule has 0 aromatic carbocycles. The van der Waals surface area contributed by atoms with Crippen LogP contribution in [-0.2, 0) is 10.0 Å². The Kier molecular flexibility index (Phi) is 5.77. The third-order valence-corrected chi connectivity index (χ3v) is 5.74. The Morgan fingerprint density at radius 3 is 2.28 bits per heavy atom. The van der Waals surface area contributed by atoms with Crippen molar-refractivity contribution < 1.29 is 21.6 Å². The molecule has 0 N–H and O–H groups in total. The third-order valence-electron chi connectivity index (χ3n) is 3.87. The third kappa shape index (κ3) is 5.43. The first-order valence-electron chi connectivity index (χ1n) is 7.80. The van der Waals surface area contributed by atoms with E-state index in [0.29, 0.717) is 24.7 Å². The van der Waals surface area contributed by atoms with Crippen LogP contribution in [-0.4, -0.2) is 74.9 Å².